The summed E-state index contributed by atoms with van der Waals surface area (Å²) in [6.45, 7) is 0. The average Bonchev–Trinajstić information content (AvgIpc) is 3.48. The Bertz CT molecular complexity index is 2170. The van der Waals surface area contributed by atoms with Crippen LogP contribution >= 0.6 is 0 Å². The van der Waals surface area contributed by atoms with Crippen molar-refractivity contribution in [1.29, 1.82) is 0 Å². The van der Waals surface area contributed by atoms with Gasteiger partial charge in [0.1, 0.15) is 11.2 Å². The number of para-hydroxylation sites is 2. The molecule has 8 aromatic rings. The lowest BCUT2D eigenvalue weighted by molar-refractivity contribution is 0.669. The summed E-state index contributed by atoms with van der Waals surface area (Å²) in [5.74, 6) is 1.75. The van der Waals surface area contributed by atoms with Crippen molar-refractivity contribution >= 4 is 21.9 Å². The molecule has 5 heteroatoms. The van der Waals surface area contributed by atoms with Crippen molar-refractivity contribution in [2.45, 2.75) is 0 Å². The molecule has 0 spiro atoms. The van der Waals surface area contributed by atoms with Crippen LogP contribution in [0.2, 0.25) is 0 Å². The summed E-state index contributed by atoms with van der Waals surface area (Å²) >= 11 is 0. The Kier molecular flexibility index (Phi) is 6.05. The fourth-order valence-corrected chi connectivity index (χ4v) is 5.53. The van der Waals surface area contributed by atoms with Gasteiger partial charge in [0.05, 0.1) is 5.56 Å². The molecular formula is C38H24N4O. The number of hydrogen-bond acceptors (Lipinski definition) is 5. The molecule has 5 nitrogen and oxygen atoms in total. The molecule has 0 N–H and O–H groups in total. The fraction of sp³-hybridized carbons (Fsp3) is 0. The van der Waals surface area contributed by atoms with Gasteiger partial charge in [-0.25, -0.2) is 15.0 Å². The van der Waals surface area contributed by atoms with E-state index in [1.807, 2.05) is 91.3 Å². The molecule has 0 radical (unpaired) electrons. The average molecular weight is 553 g/mol. The number of pyridine rings is 1. The number of rotatable bonds is 5. The van der Waals surface area contributed by atoms with E-state index in [0.717, 1.165) is 60.9 Å². The molecule has 0 fully saturated rings. The summed E-state index contributed by atoms with van der Waals surface area (Å²) in [5.41, 5.74) is 8.54. The van der Waals surface area contributed by atoms with Crippen molar-refractivity contribution in [3.8, 4) is 56.4 Å². The van der Waals surface area contributed by atoms with E-state index in [9.17, 15) is 0 Å². The minimum Gasteiger partial charge on any atom is -0.455 e. The van der Waals surface area contributed by atoms with E-state index in [-0.39, 0.29) is 0 Å². The molecule has 0 saturated carbocycles. The topological polar surface area (TPSA) is 64.7 Å². The lowest BCUT2D eigenvalue weighted by atomic mass is 9.96. The van der Waals surface area contributed by atoms with E-state index in [1.165, 1.54) is 0 Å². The molecule has 0 aliphatic carbocycles. The molecule has 0 atom stereocenters. The molecule has 0 saturated heterocycles. The summed E-state index contributed by atoms with van der Waals surface area (Å²) in [6, 6.07) is 45.1. The van der Waals surface area contributed by atoms with Gasteiger partial charge in [0, 0.05) is 34.3 Å². The van der Waals surface area contributed by atoms with Crippen molar-refractivity contribution in [2.24, 2.45) is 0 Å². The number of nitrogens with zero attached hydrogens (tertiary/aromatic N) is 4. The van der Waals surface area contributed by atoms with Gasteiger partial charge in [-0.15, -0.1) is 0 Å². The predicted molar refractivity (Wildman–Crippen MR) is 172 cm³/mol. The highest BCUT2D eigenvalue weighted by atomic mass is 16.3. The summed E-state index contributed by atoms with van der Waals surface area (Å²) < 4.78 is 6.38. The number of benzene rings is 5. The number of furan rings is 1. The van der Waals surface area contributed by atoms with Crippen molar-refractivity contribution in [2.75, 3.05) is 0 Å². The summed E-state index contributed by atoms with van der Waals surface area (Å²) in [4.78, 5) is 19.3. The first kappa shape index (κ1) is 24.8. The van der Waals surface area contributed by atoms with Gasteiger partial charge in [-0.3, -0.25) is 4.98 Å². The Morgan fingerprint density at radius 2 is 0.953 bits per heavy atom. The maximum atomic E-state index is 6.38. The molecule has 8 rings (SSSR count). The molecule has 3 aromatic heterocycles. The highest BCUT2D eigenvalue weighted by molar-refractivity contribution is 6.09. The van der Waals surface area contributed by atoms with E-state index >= 15 is 0 Å². The highest BCUT2D eigenvalue weighted by Gasteiger charge is 2.18. The minimum absolute atomic E-state index is 0.559. The van der Waals surface area contributed by atoms with E-state index < -0.39 is 0 Å². The van der Waals surface area contributed by atoms with Gasteiger partial charge < -0.3 is 4.42 Å². The second-order valence-corrected chi connectivity index (χ2v) is 10.4. The summed E-state index contributed by atoms with van der Waals surface area (Å²) in [6.07, 6.45) is 3.62. The van der Waals surface area contributed by atoms with Crippen LogP contribution in [0.3, 0.4) is 0 Å². The molecule has 0 bridgehead atoms. The standard InChI is InChI=1S/C38H24N4O/c1-3-10-25(11-4-1)28-22-29(26-18-20-39-21-19-26)24-30(23-28)37-40-36(27-12-5-2-6-13-27)41-38(42-37)33-16-9-15-32-31-14-7-8-17-34(31)43-35(32)33/h1-24H. The third kappa shape index (κ3) is 4.63. The van der Waals surface area contributed by atoms with Gasteiger partial charge in [0.15, 0.2) is 17.5 Å². The molecule has 0 aliphatic heterocycles. The Balaban J connectivity index is 1.38. The van der Waals surface area contributed by atoms with Gasteiger partial charge in [-0.2, -0.15) is 0 Å². The minimum atomic E-state index is 0.559. The first-order valence-corrected chi connectivity index (χ1v) is 14.1. The largest absolute Gasteiger partial charge is 0.455 e. The van der Waals surface area contributed by atoms with Crippen LogP contribution in [-0.2, 0) is 0 Å². The lowest BCUT2D eigenvalue weighted by Crippen LogP contribution is -2.00. The molecule has 3 heterocycles. The van der Waals surface area contributed by atoms with Gasteiger partial charge in [-0.1, -0.05) is 91.0 Å². The van der Waals surface area contributed by atoms with E-state index in [0.29, 0.717) is 17.5 Å². The van der Waals surface area contributed by atoms with Crippen LogP contribution in [-0.4, -0.2) is 19.9 Å². The Hall–Kier alpha value is -5.94. The maximum absolute atomic E-state index is 6.38. The van der Waals surface area contributed by atoms with Crippen LogP contribution in [0.5, 0.6) is 0 Å². The monoisotopic (exact) mass is 552 g/mol. The molecular weight excluding hydrogens is 528 g/mol. The van der Waals surface area contributed by atoms with Crippen LogP contribution in [0.15, 0.2) is 150 Å². The number of fused-ring (bicyclic) bond motifs is 3. The lowest BCUT2D eigenvalue weighted by Gasteiger charge is -2.12. The van der Waals surface area contributed by atoms with Gasteiger partial charge in [0.2, 0.25) is 0 Å². The summed E-state index contributed by atoms with van der Waals surface area (Å²) in [5, 5.41) is 2.09. The Morgan fingerprint density at radius 3 is 1.70 bits per heavy atom. The van der Waals surface area contributed by atoms with E-state index in [1.54, 1.807) is 0 Å². The smallest absolute Gasteiger partial charge is 0.167 e. The molecule has 5 aromatic carbocycles. The van der Waals surface area contributed by atoms with Crippen molar-refractivity contribution in [3.05, 3.63) is 146 Å². The van der Waals surface area contributed by atoms with Crippen LogP contribution in [0, 0.1) is 0 Å². The maximum Gasteiger partial charge on any atom is 0.167 e. The highest BCUT2D eigenvalue weighted by Crippen LogP contribution is 2.37. The van der Waals surface area contributed by atoms with Gasteiger partial charge in [0.25, 0.3) is 0 Å². The van der Waals surface area contributed by atoms with Crippen LogP contribution in [0.25, 0.3) is 78.4 Å². The Morgan fingerprint density at radius 1 is 0.395 bits per heavy atom. The fourth-order valence-electron chi connectivity index (χ4n) is 5.53. The number of hydrogen-bond donors (Lipinski definition) is 0. The molecule has 0 unspecified atom stereocenters. The second kappa shape index (κ2) is 10.5. The third-order valence-electron chi connectivity index (χ3n) is 7.62. The van der Waals surface area contributed by atoms with Crippen molar-refractivity contribution in [1.82, 2.24) is 19.9 Å². The summed E-state index contributed by atoms with van der Waals surface area (Å²) in [7, 11) is 0. The van der Waals surface area contributed by atoms with Crippen molar-refractivity contribution < 1.29 is 4.42 Å². The zero-order valence-corrected chi connectivity index (χ0v) is 23.1. The zero-order chi connectivity index (χ0) is 28.6. The van der Waals surface area contributed by atoms with Gasteiger partial charge in [-0.05, 0) is 64.7 Å². The molecule has 0 aliphatic rings. The van der Waals surface area contributed by atoms with Gasteiger partial charge >= 0.3 is 0 Å². The molecule has 202 valence electrons. The quantitative estimate of drug-likeness (QED) is 0.213. The van der Waals surface area contributed by atoms with Crippen LogP contribution in [0.4, 0.5) is 0 Å². The second-order valence-electron chi connectivity index (χ2n) is 10.4. The van der Waals surface area contributed by atoms with E-state index in [4.69, 9.17) is 19.4 Å². The third-order valence-corrected chi connectivity index (χ3v) is 7.62. The number of aromatic nitrogens is 4. The molecule has 43 heavy (non-hydrogen) atoms. The zero-order valence-electron chi connectivity index (χ0n) is 23.1. The van der Waals surface area contributed by atoms with Crippen molar-refractivity contribution in [3.63, 3.8) is 0 Å². The molecule has 0 amide bonds. The van der Waals surface area contributed by atoms with Crippen LogP contribution in [0.1, 0.15) is 0 Å². The predicted octanol–water partition coefficient (Wildman–Crippen LogP) is 9.50. The first-order chi connectivity index (χ1) is 21.3. The van der Waals surface area contributed by atoms with E-state index in [2.05, 4.69) is 59.6 Å². The Labute approximate surface area is 248 Å². The first-order valence-electron chi connectivity index (χ1n) is 14.1. The normalized spacial score (nSPS) is 11.3. The van der Waals surface area contributed by atoms with Crippen LogP contribution < -0.4 is 0 Å². The SMILES string of the molecule is c1ccc(-c2cc(-c3ccncc3)cc(-c3nc(-c4ccccc4)nc(-c4cccc5c4oc4ccccc45)n3)c2)cc1.